The summed E-state index contributed by atoms with van der Waals surface area (Å²) in [7, 11) is 0. The fraction of sp³-hybridized carbons (Fsp3) is 0.381. The topological polar surface area (TPSA) is 74.8 Å². The number of aromatic nitrogens is 1. The molecule has 0 aliphatic carbocycles. The van der Waals surface area contributed by atoms with E-state index < -0.39 is 12.1 Å². The maximum Gasteiger partial charge on any atom is 0.254 e. The molecule has 0 unspecified atom stereocenters. The molecule has 0 radical (unpaired) electrons. The lowest BCUT2D eigenvalue weighted by Gasteiger charge is -2.39. The molecule has 7 nitrogen and oxygen atoms in total. The molecule has 2 aliphatic heterocycles. The average Bonchev–Trinajstić information content (AvgIpc) is 2.74. The Hall–Kier alpha value is -2.93. The summed E-state index contributed by atoms with van der Waals surface area (Å²) >= 11 is 0. The third kappa shape index (κ3) is 3.71. The standard InChI is InChI=1S/C21H24N4O3/c1-15-6-5-9-22-20(15)24-10-12-25(13-11-24)21(27)19-18(23-17(26)14-28-19)16-7-3-2-4-8-16/h2-9,18-19H,10-14H2,1H3,(H,23,26)/t18-,19+/m1/s1. The van der Waals surface area contributed by atoms with Crippen LogP contribution in [-0.4, -0.2) is 60.6 Å². The summed E-state index contributed by atoms with van der Waals surface area (Å²) < 4.78 is 5.67. The Bertz CT molecular complexity index is 850. The number of morpholine rings is 1. The molecule has 2 amide bonds. The van der Waals surface area contributed by atoms with E-state index in [1.807, 2.05) is 54.3 Å². The van der Waals surface area contributed by atoms with Crippen molar-refractivity contribution in [3.63, 3.8) is 0 Å². The fourth-order valence-electron chi connectivity index (χ4n) is 3.81. The lowest BCUT2D eigenvalue weighted by Crippen LogP contribution is -2.57. The van der Waals surface area contributed by atoms with Gasteiger partial charge < -0.3 is 19.9 Å². The van der Waals surface area contributed by atoms with Crippen molar-refractivity contribution >= 4 is 17.6 Å². The number of hydrogen-bond donors (Lipinski definition) is 1. The highest BCUT2D eigenvalue weighted by Gasteiger charge is 2.39. The third-order valence-electron chi connectivity index (χ3n) is 5.29. The molecule has 2 atom stereocenters. The summed E-state index contributed by atoms with van der Waals surface area (Å²) in [5.41, 5.74) is 2.00. The first-order valence-electron chi connectivity index (χ1n) is 9.55. The number of nitrogens with zero attached hydrogens (tertiary/aromatic N) is 3. The van der Waals surface area contributed by atoms with Crippen LogP contribution in [0.3, 0.4) is 0 Å². The molecule has 146 valence electrons. The van der Waals surface area contributed by atoms with Gasteiger partial charge >= 0.3 is 0 Å². The summed E-state index contributed by atoms with van der Waals surface area (Å²) in [4.78, 5) is 33.5. The van der Waals surface area contributed by atoms with Gasteiger partial charge in [-0.1, -0.05) is 36.4 Å². The zero-order chi connectivity index (χ0) is 19.5. The van der Waals surface area contributed by atoms with Gasteiger partial charge in [0.1, 0.15) is 12.4 Å². The number of rotatable bonds is 3. The van der Waals surface area contributed by atoms with E-state index in [0.29, 0.717) is 13.1 Å². The first kappa shape index (κ1) is 18.4. The highest BCUT2D eigenvalue weighted by Crippen LogP contribution is 2.25. The Kier molecular flexibility index (Phi) is 5.25. The van der Waals surface area contributed by atoms with Crippen molar-refractivity contribution in [1.29, 1.82) is 0 Å². The number of anilines is 1. The van der Waals surface area contributed by atoms with E-state index in [1.54, 1.807) is 6.20 Å². The van der Waals surface area contributed by atoms with Gasteiger partial charge in [0.15, 0.2) is 6.10 Å². The van der Waals surface area contributed by atoms with Crippen LogP contribution in [0.1, 0.15) is 17.2 Å². The van der Waals surface area contributed by atoms with Gasteiger partial charge in [0, 0.05) is 32.4 Å². The lowest BCUT2D eigenvalue weighted by molar-refractivity contribution is -0.155. The number of nitrogens with one attached hydrogen (secondary N) is 1. The number of carbonyl (C=O) groups is 2. The van der Waals surface area contributed by atoms with Gasteiger partial charge in [-0.3, -0.25) is 9.59 Å². The lowest BCUT2D eigenvalue weighted by atomic mass is 9.98. The van der Waals surface area contributed by atoms with E-state index in [4.69, 9.17) is 4.74 Å². The zero-order valence-corrected chi connectivity index (χ0v) is 15.9. The van der Waals surface area contributed by atoms with E-state index in [9.17, 15) is 9.59 Å². The van der Waals surface area contributed by atoms with Gasteiger partial charge in [0.05, 0.1) is 6.04 Å². The van der Waals surface area contributed by atoms with Crippen molar-refractivity contribution in [2.75, 3.05) is 37.7 Å². The van der Waals surface area contributed by atoms with Crippen molar-refractivity contribution in [3.8, 4) is 0 Å². The zero-order valence-electron chi connectivity index (χ0n) is 15.9. The summed E-state index contributed by atoms with van der Waals surface area (Å²) in [5, 5.41) is 2.91. The first-order chi connectivity index (χ1) is 13.6. The molecule has 1 aromatic carbocycles. The molecule has 0 spiro atoms. The minimum absolute atomic E-state index is 0.0776. The van der Waals surface area contributed by atoms with Crippen LogP contribution in [0, 0.1) is 6.92 Å². The van der Waals surface area contributed by atoms with Crippen molar-refractivity contribution in [1.82, 2.24) is 15.2 Å². The van der Waals surface area contributed by atoms with Crippen LogP contribution in [0.4, 0.5) is 5.82 Å². The fourth-order valence-corrected chi connectivity index (χ4v) is 3.81. The quantitative estimate of drug-likeness (QED) is 0.869. The number of ether oxygens (including phenoxy) is 1. The van der Waals surface area contributed by atoms with Gasteiger partial charge in [0.2, 0.25) is 5.91 Å². The number of benzene rings is 1. The van der Waals surface area contributed by atoms with Crippen LogP contribution in [-0.2, 0) is 14.3 Å². The van der Waals surface area contributed by atoms with E-state index in [1.165, 1.54) is 0 Å². The van der Waals surface area contributed by atoms with Crippen molar-refractivity contribution in [2.45, 2.75) is 19.1 Å². The predicted molar refractivity (Wildman–Crippen MR) is 105 cm³/mol. The van der Waals surface area contributed by atoms with Crippen molar-refractivity contribution in [2.24, 2.45) is 0 Å². The summed E-state index contributed by atoms with van der Waals surface area (Å²) in [6.07, 6.45) is 1.09. The summed E-state index contributed by atoms with van der Waals surface area (Å²) in [6.45, 7) is 4.60. The van der Waals surface area contributed by atoms with Gasteiger partial charge in [-0.25, -0.2) is 4.98 Å². The van der Waals surface area contributed by atoms with Gasteiger partial charge in [-0.2, -0.15) is 0 Å². The highest BCUT2D eigenvalue weighted by atomic mass is 16.5. The second kappa shape index (κ2) is 7.98. The Balaban J connectivity index is 1.45. The summed E-state index contributed by atoms with van der Waals surface area (Å²) in [6, 6.07) is 13.0. The maximum absolute atomic E-state index is 13.2. The normalized spacial score (nSPS) is 22.7. The van der Waals surface area contributed by atoms with Crippen molar-refractivity contribution in [3.05, 3.63) is 59.8 Å². The van der Waals surface area contributed by atoms with Crippen LogP contribution in [0.5, 0.6) is 0 Å². The monoisotopic (exact) mass is 380 g/mol. The molecule has 0 bridgehead atoms. The van der Waals surface area contributed by atoms with Crippen LogP contribution in [0.15, 0.2) is 48.7 Å². The average molecular weight is 380 g/mol. The molecule has 2 aliphatic rings. The van der Waals surface area contributed by atoms with E-state index in [2.05, 4.69) is 15.2 Å². The molecular weight excluding hydrogens is 356 g/mol. The highest BCUT2D eigenvalue weighted by molar-refractivity contribution is 5.86. The van der Waals surface area contributed by atoms with Gasteiger partial charge in [-0.15, -0.1) is 0 Å². The number of piperazine rings is 1. The second-order valence-corrected chi connectivity index (χ2v) is 7.14. The summed E-state index contributed by atoms with van der Waals surface area (Å²) in [5.74, 6) is 0.692. The number of carbonyl (C=O) groups excluding carboxylic acids is 2. The molecule has 7 heteroatoms. The SMILES string of the molecule is Cc1cccnc1N1CCN(C(=O)[C@H]2OCC(=O)N[C@@H]2c2ccccc2)CC1. The Morgan fingerprint density at radius 3 is 2.57 bits per heavy atom. The predicted octanol–water partition coefficient (Wildman–Crippen LogP) is 1.29. The van der Waals surface area contributed by atoms with E-state index in [0.717, 1.165) is 30.0 Å². The smallest absolute Gasteiger partial charge is 0.254 e. The van der Waals surface area contributed by atoms with E-state index in [-0.39, 0.29) is 18.4 Å². The number of amides is 2. The molecule has 2 saturated heterocycles. The minimum atomic E-state index is -0.705. The van der Waals surface area contributed by atoms with Crippen LogP contribution in [0.25, 0.3) is 0 Å². The van der Waals surface area contributed by atoms with Gasteiger partial charge in [0.25, 0.3) is 5.91 Å². The van der Waals surface area contributed by atoms with Crippen LogP contribution in [0.2, 0.25) is 0 Å². The molecule has 1 N–H and O–H groups in total. The van der Waals surface area contributed by atoms with Crippen molar-refractivity contribution < 1.29 is 14.3 Å². The first-order valence-corrected chi connectivity index (χ1v) is 9.55. The molecule has 0 saturated carbocycles. The molecule has 4 rings (SSSR count). The molecular formula is C21H24N4O3. The molecule has 2 aromatic rings. The molecule has 2 fully saturated rings. The number of hydrogen-bond acceptors (Lipinski definition) is 5. The Morgan fingerprint density at radius 2 is 1.86 bits per heavy atom. The van der Waals surface area contributed by atoms with Gasteiger partial charge in [-0.05, 0) is 24.1 Å². The maximum atomic E-state index is 13.2. The number of pyridine rings is 1. The largest absolute Gasteiger partial charge is 0.356 e. The molecule has 3 heterocycles. The minimum Gasteiger partial charge on any atom is -0.356 e. The number of aryl methyl sites for hydroxylation is 1. The Labute approximate surface area is 164 Å². The molecule has 1 aromatic heterocycles. The second-order valence-electron chi connectivity index (χ2n) is 7.14. The third-order valence-corrected chi connectivity index (χ3v) is 5.29. The van der Waals surface area contributed by atoms with Crippen LogP contribution < -0.4 is 10.2 Å². The van der Waals surface area contributed by atoms with Crippen LogP contribution >= 0.6 is 0 Å². The Morgan fingerprint density at radius 1 is 1.11 bits per heavy atom. The molecule has 28 heavy (non-hydrogen) atoms. The van der Waals surface area contributed by atoms with E-state index >= 15 is 0 Å².